The molecule has 30 heavy (non-hydrogen) atoms. The summed E-state index contributed by atoms with van der Waals surface area (Å²) < 4.78 is 18.4. The topological polar surface area (TPSA) is 82.9 Å². The molecule has 164 valence electrons. The lowest BCUT2D eigenvalue weighted by atomic mass is 10.1. The molecule has 1 aliphatic rings. The van der Waals surface area contributed by atoms with Gasteiger partial charge < -0.3 is 19.1 Å². The second-order valence-corrected chi connectivity index (χ2v) is 9.53. The van der Waals surface area contributed by atoms with Crippen molar-refractivity contribution in [1.82, 2.24) is 14.5 Å². The van der Waals surface area contributed by atoms with Gasteiger partial charge in [-0.3, -0.25) is 0 Å². The molecule has 0 saturated carbocycles. The van der Waals surface area contributed by atoms with Gasteiger partial charge in [0, 0.05) is 32.0 Å². The van der Waals surface area contributed by atoms with Gasteiger partial charge in [-0.1, -0.05) is 0 Å². The summed E-state index contributed by atoms with van der Waals surface area (Å²) in [7, 11) is 0. The maximum atomic E-state index is 12.4. The van der Waals surface area contributed by atoms with E-state index in [1.807, 2.05) is 53.7 Å². The molecule has 0 spiro atoms. The molecule has 8 nitrogen and oxygen atoms in total. The molecule has 0 atom stereocenters. The van der Waals surface area contributed by atoms with E-state index >= 15 is 0 Å². The van der Waals surface area contributed by atoms with Crippen molar-refractivity contribution in [3.63, 3.8) is 0 Å². The van der Waals surface area contributed by atoms with E-state index in [0.717, 1.165) is 0 Å². The number of piperidine rings is 1. The second kappa shape index (κ2) is 8.16. The van der Waals surface area contributed by atoms with E-state index in [9.17, 15) is 9.59 Å². The number of carbonyl (C=O) groups excluding carboxylic acids is 2. The molecule has 1 aromatic carbocycles. The maximum absolute atomic E-state index is 12.4. The highest BCUT2D eigenvalue weighted by atomic mass is 16.6. The smallest absolute Gasteiger partial charge is 0.420 e. The Balaban J connectivity index is 1.64. The van der Waals surface area contributed by atoms with E-state index in [1.54, 1.807) is 11.0 Å². The number of hydrogen-bond donors (Lipinski definition) is 0. The van der Waals surface area contributed by atoms with Crippen LogP contribution >= 0.6 is 0 Å². The number of likely N-dealkylation sites (tertiary alicyclic amines) is 1. The van der Waals surface area contributed by atoms with Crippen molar-refractivity contribution in [2.24, 2.45) is 0 Å². The molecule has 1 aromatic heterocycles. The normalized spacial score (nSPS) is 15.9. The number of rotatable bonds is 2. The SMILES string of the molecule is CC(C)(C)OC(=O)N1CCC(Oc2ccc3ncn(C(=O)OC(C)(C)C)c3c2)CC1. The molecule has 0 N–H and O–H groups in total. The standard InChI is InChI=1S/C22H31N3O5/c1-21(2,3)29-19(26)24-11-9-15(10-12-24)28-16-7-8-17-18(13-16)25(14-23-17)20(27)30-22(4,5)6/h7-8,13-15H,9-12H2,1-6H3. The minimum absolute atomic E-state index is 0.0148. The molecule has 1 fully saturated rings. The summed E-state index contributed by atoms with van der Waals surface area (Å²) in [6.45, 7) is 12.2. The Labute approximate surface area is 177 Å². The Bertz CT molecular complexity index is 915. The molecule has 8 heteroatoms. The van der Waals surface area contributed by atoms with Gasteiger partial charge in [-0.25, -0.2) is 19.1 Å². The van der Waals surface area contributed by atoms with Crippen LogP contribution in [0.25, 0.3) is 11.0 Å². The van der Waals surface area contributed by atoms with Crippen molar-refractivity contribution in [2.45, 2.75) is 71.7 Å². The first-order chi connectivity index (χ1) is 13.9. The zero-order valence-electron chi connectivity index (χ0n) is 18.6. The van der Waals surface area contributed by atoms with Crippen LogP contribution in [-0.2, 0) is 9.47 Å². The van der Waals surface area contributed by atoms with E-state index in [4.69, 9.17) is 14.2 Å². The highest BCUT2D eigenvalue weighted by molar-refractivity contribution is 5.87. The predicted octanol–water partition coefficient (Wildman–Crippen LogP) is 4.60. The molecule has 1 saturated heterocycles. The highest BCUT2D eigenvalue weighted by Crippen LogP contribution is 2.25. The van der Waals surface area contributed by atoms with Gasteiger partial charge in [0.2, 0.25) is 0 Å². The summed E-state index contributed by atoms with van der Waals surface area (Å²) in [5.41, 5.74) is 0.224. The summed E-state index contributed by atoms with van der Waals surface area (Å²) in [5.74, 6) is 0.656. The zero-order chi connectivity index (χ0) is 22.1. The molecule has 0 radical (unpaired) electrons. The van der Waals surface area contributed by atoms with Gasteiger partial charge >= 0.3 is 12.2 Å². The summed E-state index contributed by atoms with van der Waals surface area (Å²) in [4.78, 5) is 30.6. The number of carbonyl (C=O) groups is 2. The number of benzene rings is 1. The molecule has 0 aliphatic carbocycles. The van der Waals surface area contributed by atoms with Crippen molar-refractivity contribution >= 4 is 23.2 Å². The average molecular weight is 418 g/mol. The third kappa shape index (κ3) is 5.64. The van der Waals surface area contributed by atoms with Gasteiger partial charge in [-0.05, 0) is 53.7 Å². The number of aromatic nitrogens is 2. The quantitative estimate of drug-likeness (QED) is 0.710. The van der Waals surface area contributed by atoms with Gasteiger partial charge in [0.1, 0.15) is 29.4 Å². The van der Waals surface area contributed by atoms with Crippen LogP contribution in [0.2, 0.25) is 0 Å². The third-order valence-corrected chi connectivity index (χ3v) is 4.51. The summed E-state index contributed by atoms with van der Waals surface area (Å²) in [5, 5.41) is 0. The van der Waals surface area contributed by atoms with Crippen LogP contribution in [0, 0.1) is 0 Å². The first-order valence-corrected chi connectivity index (χ1v) is 10.3. The number of nitrogens with zero attached hydrogens (tertiary/aromatic N) is 3. The lowest BCUT2D eigenvalue weighted by Crippen LogP contribution is -2.44. The van der Waals surface area contributed by atoms with Crippen LogP contribution in [0.4, 0.5) is 9.59 Å². The van der Waals surface area contributed by atoms with Crippen LogP contribution in [0.5, 0.6) is 5.75 Å². The number of ether oxygens (including phenoxy) is 3. The fourth-order valence-corrected chi connectivity index (χ4v) is 3.19. The van der Waals surface area contributed by atoms with Crippen molar-refractivity contribution < 1.29 is 23.8 Å². The lowest BCUT2D eigenvalue weighted by Gasteiger charge is -2.33. The molecule has 0 bridgehead atoms. The average Bonchev–Trinajstić information content (AvgIpc) is 3.03. The summed E-state index contributed by atoms with van der Waals surface area (Å²) in [6, 6.07) is 5.46. The van der Waals surface area contributed by atoms with Crippen LogP contribution in [-0.4, -0.2) is 57.0 Å². The molecule has 1 amide bonds. The molecular formula is C22H31N3O5. The fourth-order valence-electron chi connectivity index (χ4n) is 3.19. The number of hydrogen-bond acceptors (Lipinski definition) is 6. The van der Waals surface area contributed by atoms with Gasteiger partial charge in [-0.2, -0.15) is 0 Å². The minimum Gasteiger partial charge on any atom is -0.490 e. The Morgan fingerprint density at radius 2 is 1.57 bits per heavy atom. The van der Waals surface area contributed by atoms with E-state index < -0.39 is 17.3 Å². The molecular weight excluding hydrogens is 386 g/mol. The van der Waals surface area contributed by atoms with Crippen LogP contribution in [0.1, 0.15) is 54.4 Å². The number of amides is 1. The van der Waals surface area contributed by atoms with Gasteiger partial charge in [-0.15, -0.1) is 0 Å². The fraction of sp³-hybridized carbons (Fsp3) is 0.591. The molecule has 2 aromatic rings. The van der Waals surface area contributed by atoms with E-state index in [1.165, 1.54) is 10.9 Å². The largest absolute Gasteiger partial charge is 0.490 e. The molecule has 1 aliphatic heterocycles. The van der Waals surface area contributed by atoms with Gasteiger partial charge in [0.05, 0.1) is 11.0 Å². The third-order valence-electron chi connectivity index (χ3n) is 4.51. The Kier molecular flexibility index (Phi) is 5.97. The van der Waals surface area contributed by atoms with Crippen LogP contribution in [0.3, 0.4) is 0 Å². The Hall–Kier alpha value is -2.77. The minimum atomic E-state index is -0.593. The van der Waals surface area contributed by atoms with Crippen molar-refractivity contribution in [3.8, 4) is 5.75 Å². The van der Waals surface area contributed by atoms with Crippen LogP contribution in [0.15, 0.2) is 24.5 Å². The van der Waals surface area contributed by atoms with E-state index in [0.29, 0.717) is 42.7 Å². The van der Waals surface area contributed by atoms with E-state index in [-0.39, 0.29) is 12.2 Å². The Morgan fingerprint density at radius 1 is 0.967 bits per heavy atom. The van der Waals surface area contributed by atoms with Crippen molar-refractivity contribution in [1.29, 1.82) is 0 Å². The van der Waals surface area contributed by atoms with Gasteiger partial charge in [0.25, 0.3) is 0 Å². The van der Waals surface area contributed by atoms with Crippen molar-refractivity contribution in [2.75, 3.05) is 13.1 Å². The zero-order valence-corrected chi connectivity index (χ0v) is 18.6. The van der Waals surface area contributed by atoms with Gasteiger partial charge in [0.15, 0.2) is 0 Å². The highest BCUT2D eigenvalue weighted by Gasteiger charge is 2.28. The molecule has 3 rings (SSSR count). The summed E-state index contributed by atoms with van der Waals surface area (Å²) in [6.07, 6.45) is 2.10. The predicted molar refractivity (Wildman–Crippen MR) is 113 cm³/mol. The second-order valence-electron chi connectivity index (χ2n) is 9.53. The van der Waals surface area contributed by atoms with Crippen LogP contribution < -0.4 is 4.74 Å². The first-order valence-electron chi connectivity index (χ1n) is 10.3. The maximum Gasteiger partial charge on any atom is 0.420 e. The number of imidazole rings is 1. The first kappa shape index (κ1) is 21.9. The molecule has 0 unspecified atom stereocenters. The molecule has 2 heterocycles. The van der Waals surface area contributed by atoms with Crippen molar-refractivity contribution in [3.05, 3.63) is 24.5 Å². The number of fused-ring (bicyclic) bond motifs is 1. The Morgan fingerprint density at radius 3 is 2.17 bits per heavy atom. The monoisotopic (exact) mass is 417 g/mol. The lowest BCUT2D eigenvalue weighted by molar-refractivity contribution is 0.0126. The van der Waals surface area contributed by atoms with E-state index in [2.05, 4.69) is 4.98 Å². The summed E-state index contributed by atoms with van der Waals surface area (Å²) >= 11 is 0.